The van der Waals surface area contributed by atoms with Crippen LogP contribution in [0.4, 0.5) is 0 Å². The predicted molar refractivity (Wildman–Crippen MR) is 37.4 cm³/mol. The lowest BCUT2D eigenvalue weighted by molar-refractivity contribution is -0.116. The maximum Gasteiger partial charge on any atom is 0.210 e. The second-order valence-corrected chi connectivity index (χ2v) is 3.58. The number of thioether (sulfide) groups is 1. The molecule has 1 aliphatic rings. The predicted octanol–water partition coefficient (Wildman–Crippen LogP) is 1.48. The number of hydrogen-bond acceptors (Lipinski definition) is 3. The molecule has 0 aromatic heterocycles. The van der Waals surface area contributed by atoms with Crippen LogP contribution < -0.4 is 0 Å². The van der Waals surface area contributed by atoms with E-state index in [0.717, 1.165) is 4.91 Å². The Morgan fingerprint density at radius 3 is 2.33 bits per heavy atom. The van der Waals surface area contributed by atoms with Gasteiger partial charge < -0.3 is 5.11 Å². The molecule has 0 aliphatic carbocycles. The molecule has 1 N–H and O–H groups in total. The SMILES string of the molecule is CC1=C(O)C(=O)C(C)S1. The zero-order valence-electron chi connectivity index (χ0n) is 5.34. The second kappa shape index (κ2) is 2.06. The van der Waals surface area contributed by atoms with E-state index in [1.807, 2.05) is 0 Å². The maximum absolute atomic E-state index is 10.8. The van der Waals surface area contributed by atoms with Crippen molar-refractivity contribution < 1.29 is 9.90 Å². The Kier molecular flexibility index (Phi) is 1.53. The zero-order valence-corrected chi connectivity index (χ0v) is 6.16. The lowest BCUT2D eigenvalue weighted by atomic mass is 10.2. The van der Waals surface area contributed by atoms with Gasteiger partial charge in [0.05, 0.1) is 5.25 Å². The number of hydrogen-bond donors (Lipinski definition) is 1. The summed E-state index contributed by atoms with van der Waals surface area (Å²) in [6.45, 7) is 3.54. The molecule has 0 aromatic carbocycles. The van der Waals surface area contributed by atoms with Crippen LogP contribution >= 0.6 is 11.8 Å². The molecule has 1 unspecified atom stereocenters. The molecule has 0 bridgehead atoms. The average Bonchev–Trinajstić information content (AvgIpc) is 1.98. The van der Waals surface area contributed by atoms with E-state index in [4.69, 9.17) is 5.11 Å². The molecule has 9 heavy (non-hydrogen) atoms. The van der Waals surface area contributed by atoms with Crippen molar-refractivity contribution in [1.82, 2.24) is 0 Å². The number of carbonyl (C=O) groups excluding carboxylic acids is 1. The van der Waals surface area contributed by atoms with E-state index >= 15 is 0 Å². The van der Waals surface area contributed by atoms with E-state index in [0.29, 0.717) is 0 Å². The summed E-state index contributed by atoms with van der Waals surface area (Å²) in [5.74, 6) is -0.190. The second-order valence-electron chi connectivity index (χ2n) is 2.03. The molecular formula is C6H8O2S. The molecule has 0 aromatic rings. The minimum atomic E-state index is -0.141. The van der Waals surface area contributed by atoms with Crippen LogP contribution in [0.5, 0.6) is 0 Å². The fourth-order valence-electron chi connectivity index (χ4n) is 0.741. The van der Waals surface area contributed by atoms with Gasteiger partial charge in [-0.25, -0.2) is 0 Å². The molecule has 1 aliphatic heterocycles. The molecule has 2 nitrogen and oxygen atoms in total. The first-order valence-corrected chi connectivity index (χ1v) is 3.61. The third kappa shape index (κ3) is 0.965. The van der Waals surface area contributed by atoms with Gasteiger partial charge in [0.25, 0.3) is 0 Å². The van der Waals surface area contributed by atoms with Gasteiger partial charge in [0.15, 0.2) is 5.76 Å². The molecule has 3 heteroatoms. The Bertz CT molecular complexity index is 183. The number of carbonyl (C=O) groups is 1. The normalized spacial score (nSPS) is 27.8. The Morgan fingerprint density at radius 1 is 1.67 bits per heavy atom. The number of aliphatic hydroxyl groups is 1. The van der Waals surface area contributed by atoms with Crippen molar-refractivity contribution in [1.29, 1.82) is 0 Å². The lowest BCUT2D eigenvalue weighted by Gasteiger charge is -1.93. The van der Waals surface area contributed by atoms with Gasteiger partial charge in [0.2, 0.25) is 5.78 Å². The van der Waals surface area contributed by atoms with Gasteiger partial charge in [-0.1, -0.05) is 0 Å². The topological polar surface area (TPSA) is 37.3 Å². The van der Waals surface area contributed by atoms with Gasteiger partial charge in [-0.3, -0.25) is 4.79 Å². The monoisotopic (exact) mass is 144 g/mol. The average molecular weight is 144 g/mol. The molecule has 0 fully saturated rings. The van der Waals surface area contributed by atoms with E-state index in [-0.39, 0.29) is 16.8 Å². The van der Waals surface area contributed by atoms with Crippen molar-refractivity contribution in [3.8, 4) is 0 Å². The summed E-state index contributed by atoms with van der Waals surface area (Å²) >= 11 is 1.42. The lowest BCUT2D eigenvalue weighted by Crippen LogP contribution is -2.08. The van der Waals surface area contributed by atoms with E-state index in [1.54, 1.807) is 13.8 Å². The van der Waals surface area contributed by atoms with Crippen molar-refractivity contribution in [2.24, 2.45) is 0 Å². The van der Waals surface area contributed by atoms with Crippen LogP contribution in [0.1, 0.15) is 13.8 Å². The molecule has 0 saturated heterocycles. The number of ketones is 1. The zero-order chi connectivity index (χ0) is 7.02. The highest BCUT2D eigenvalue weighted by molar-refractivity contribution is 8.04. The van der Waals surface area contributed by atoms with E-state index in [9.17, 15) is 4.79 Å². The fraction of sp³-hybridized carbons (Fsp3) is 0.500. The third-order valence-electron chi connectivity index (χ3n) is 1.29. The summed E-state index contributed by atoms with van der Waals surface area (Å²) in [5.41, 5.74) is 0. The number of Topliss-reactive ketones (excluding diaryl/α,β-unsaturated/α-hetero) is 1. The van der Waals surface area contributed by atoms with Crippen molar-refractivity contribution in [3.63, 3.8) is 0 Å². The van der Waals surface area contributed by atoms with Gasteiger partial charge in [0, 0.05) is 4.91 Å². The molecule has 50 valence electrons. The van der Waals surface area contributed by atoms with Crippen LogP contribution in [-0.2, 0) is 4.79 Å². The first kappa shape index (κ1) is 6.68. The molecule has 0 saturated carbocycles. The minimum absolute atomic E-state index is 0.0486. The van der Waals surface area contributed by atoms with Gasteiger partial charge in [-0.05, 0) is 13.8 Å². The van der Waals surface area contributed by atoms with Crippen molar-refractivity contribution in [3.05, 3.63) is 10.7 Å². The van der Waals surface area contributed by atoms with Crippen LogP contribution in [0.2, 0.25) is 0 Å². The summed E-state index contributed by atoms with van der Waals surface area (Å²) in [6.07, 6.45) is 0. The summed E-state index contributed by atoms with van der Waals surface area (Å²) in [4.78, 5) is 11.5. The molecule has 0 radical (unpaired) electrons. The largest absolute Gasteiger partial charge is 0.504 e. The Labute approximate surface area is 57.9 Å². The van der Waals surface area contributed by atoms with Crippen LogP contribution in [0.15, 0.2) is 10.7 Å². The summed E-state index contributed by atoms with van der Waals surface area (Å²) in [7, 11) is 0. The van der Waals surface area contributed by atoms with Gasteiger partial charge in [0.1, 0.15) is 0 Å². The summed E-state index contributed by atoms with van der Waals surface area (Å²) < 4.78 is 0. The van der Waals surface area contributed by atoms with Crippen LogP contribution in [0.3, 0.4) is 0 Å². The molecule has 0 spiro atoms. The molecule has 1 atom stereocenters. The molecule has 1 heterocycles. The highest BCUT2D eigenvalue weighted by atomic mass is 32.2. The molecular weight excluding hydrogens is 136 g/mol. The van der Waals surface area contributed by atoms with E-state index in [2.05, 4.69) is 0 Å². The van der Waals surface area contributed by atoms with Crippen LogP contribution in [0.25, 0.3) is 0 Å². The number of rotatable bonds is 0. The minimum Gasteiger partial charge on any atom is -0.504 e. The van der Waals surface area contributed by atoms with E-state index < -0.39 is 0 Å². The van der Waals surface area contributed by atoms with Crippen molar-refractivity contribution >= 4 is 17.5 Å². The highest BCUT2D eigenvalue weighted by Gasteiger charge is 2.27. The number of allylic oxidation sites excluding steroid dienone is 2. The molecule has 1 rings (SSSR count). The smallest absolute Gasteiger partial charge is 0.210 e. The fourth-order valence-corrected chi connectivity index (χ4v) is 1.70. The Hall–Kier alpha value is -0.440. The van der Waals surface area contributed by atoms with Crippen LogP contribution in [0, 0.1) is 0 Å². The highest BCUT2D eigenvalue weighted by Crippen LogP contribution is 2.32. The third-order valence-corrected chi connectivity index (χ3v) is 2.40. The van der Waals surface area contributed by atoms with E-state index in [1.165, 1.54) is 11.8 Å². The van der Waals surface area contributed by atoms with Gasteiger partial charge in [-0.2, -0.15) is 0 Å². The van der Waals surface area contributed by atoms with Crippen LogP contribution in [-0.4, -0.2) is 16.1 Å². The first-order chi connectivity index (χ1) is 4.13. The molecule has 0 amide bonds. The van der Waals surface area contributed by atoms with Crippen molar-refractivity contribution in [2.75, 3.05) is 0 Å². The van der Waals surface area contributed by atoms with Gasteiger partial charge in [-0.15, -0.1) is 11.8 Å². The summed E-state index contributed by atoms with van der Waals surface area (Å²) in [5, 5.41) is 8.87. The first-order valence-electron chi connectivity index (χ1n) is 2.73. The Balaban J connectivity index is 2.87. The quantitative estimate of drug-likeness (QED) is 0.559. The summed E-state index contributed by atoms with van der Waals surface area (Å²) in [6, 6.07) is 0. The van der Waals surface area contributed by atoms with Gasteiger partial charge >= 0.3 is 0 Å². The maximum atomic E-state index is 10.8. The standard InChI is InChI=1S/C6H8O2S/c1-3-5(7)6(8)4(2)9-3/h3,8H,1-2H3. The van der Waals surface area contributed by atoms with Crippen molar-refractivity contribution in [2.45, 2.75) is 19.1 Å². The Morgan fingerprint density at radius 2 is 2.22 bits per heavy atom. The number of aliphatic hydroxyl groups excluding tert-OH is 1.